The first-order chi connectivity index (χ1) is 8.88. The largest absolute Gasteiger partial charge is 0.455 e. The van der Waals surface area contributed by atoms with Gasteiger partial charge in [0.15, 0.2) is 6.10 Å². The molecular weight excluding hydrogens is 244 g/mol. The smallest absolute Gasteiger partial charge is 0.338 e. The van der Waals surface area contributed by atoms with Crippen LogP contribution >= 0.6 is 0 Å². The van der Waals surface area contributed by atoms with Crippen LogP contribution in [-0.4, -0.2) is 24.1 Å². The fourth-order valence-electron chi connectivity index (χ4n) is 2.12. The van der Waals surface area contributed by atoms with Crippen molar-refractivity contribution in [3.63, 3.8) is 0 Å². The number of cyclic esters (lactones) is 1. The van der Waals surface area contributed by atoms with Crippen LogP contribution in [0.1, 0.15) is 34.1 Å². The number of esters is 2. The number of carbonyl (C=O) groups excluding carboxylic acids is 2. The molecule has 4 heteroatoms. The second-order valence-corrected chi connectivity index (χ2v) is 5.68. The van der Waals surface area contributed by atoms with Crippen LogP contribution in [0, 0.1) is 11.8 Å². The maximum Gasteiger partial charge on any atom is 0.338 e. The summed E-state index contributed by atoms with van der Waals surface area (Å²) in [5.74, 6) is -0.195. The van der Waals surface area contributed by atoms with Gasteiger partial charge in [-0.05, 0) is 19.8 Å². The zero-order valence-corrected chi connectivity index (χ0v) is 11.8. The van der Waals surface area contributed by atoms with Crippen LogP contribution in [0.5, 0.6) is 0 Å². The summed E-state index contributed by atoms with van der Waals surface area (Å²) in [6.45, 7) is 7.66. The summed E-state index contributed by atoms with van der Waals surface area (Å²) >= 11 is 0. The van der Waals surface area contributed by atoms with Crippen LogP contribution in [-0.2, 0) is 19.1 Å². The van der Waals surface area contributed by atoms with Crippen molar-refractivity contribution >= 4 is 11.9 Å². The molecule has 0 aromatic carbocycles. The third-order valence-corrected chi connectivity index (χ3v) is 3.31. The Morgan fingerprint density at radius 2 is 2.16 bits per heavy atom. The second kappa shape index (κ2) is 5.19. The van der Waals surface area contributed by atoms with Crippen molar-refractivity contribution < 1.29 is 19.1 Å². The lowest BCUT2D eigenvalue weighted by Gasteiger charge is -2.16. The molecule has 0 aromatic heterocycles. The third-order valence-electron chi connectivity index (χ3n) is 3.31. The van der Waals surface area contributed by atoms with Gasteiger partial charge in [-0.2, -0.15) is 0 Å². The molecule has 19 heavy (non-hydrogen) atoms. The second-order valence-electron chi connectivity index (χ2n) is 5.68. The van der Waals surface area contributed by atoms with Crippen LogP contribution in [0.4, 0.5) is 0 Å². The van der Waals surface area contributed by atoms with E-state index in [4.69, 9.17) is 9.47 Å². The van der Waals surface area contributed by atoms with Crippen LogP contribution < -0.4 is 0 Å². The van der Waals surface area contributed by atoms with E-state index in [0.29, 0.717) is 12.0 Å². The minimum absolute atomic E-state index is 0.221. The Labute approximate surface area is 113 Å². The first-order valence-corrected chi connectivity index (χ1v) is 6.69. The van der Waals surface area contributed by atoms with Crippen molar-refractivity contribution in [2.24, 2.45) is 11.8 Å². The topological polar surface area (TPSA) is 52.6 Å². The number of rotatable bonds is 4. The summed E-state index contributed by atoms with van der Waals surface area (Å²) in [5, 5.41) is 0. The minimum atomic E-state index is -0.569. The summed E-state index contributed by atoms with van der Waals surface area (Å²) in [5.41, 5.74) is 1.70. The van der Waals surface area contributed by atoms with Gasteiger partial charge in [0.2, 0.25) is 0 Å². The van der Waals surface area contributed by atoms with Crippen molar-refractivity contribution in [3.05, 3.63) is 23.3 Å². The molecule has 1 saturated heterocycles. The Kier molecular flexibility index (Phi) is 3.78. The van der Waals surface area contributed by atoms with E-state index in [1.54, 1.807) is 6.92 Å². The molecule has 4 nitrogen and oxygen atoms in total. The first kappa shape index (κ1) is 13.8. The predicted molar refractivity (Wildman–Crippen MR) is 70.2 cm³/mol. The molecule has 104 valence electrons. The molecular formula is C15H20O4. The van der Waals surface area contributed by atoms with E-state index in [1.807, 2.05) is 26.8 Å². The molecule has 0 saturated carbocycles. The zero-order valence-electron chi connectivity index (χ0n) is 11.8. The number of carbonyl (C=O) groups is 2. The molecule has 1 fully saturated rings. The number of hydrogen-bond acceptors (Lipinski definition) is 4. The van der Waals surface area contributed by atoms with Crippen LogP contribution in [0.2, 0.25) is 0 Å². The van der Waals surface area contributed by atoms with Crippen LogP contribution in [0.15, 0.2) is 23.3 Å². The van der Waals surface area contributed by atoms with E-state index in [9.17, 15) is 9.59 Å². The SMILES string of the molecule is CC1=CC1/C=C1/C(=O)O[C@@H](C)[C@H]1OC(=O)CC(C)C. The van der Waals surface area contributed by atoms with Gasteiger partial charge in [0.1, 0.15) is 6.10 Å². The fourth-order valence-corrected chi connectivity index (χ4v) is 2.12. The molecule has 0 spiro atoms. The molecule has 3 atom stereocenters. The van der Waals surface area contributed by atoms with Gasteiger partial charge >= 0.3 is 11.9 Å². The number of hydrogen-bond donors (Lipinski definition) is 0. The predicted octanol–water partition coefficient (Wildman–Crippen LogP) is 2.39. The van der Waals surface area contributed by atoms with Crippen molar-refractivity contribution in [1.82, 2.24) is 0 Å². The Bertz CT molecular complexity index is 459. The van der Waals surface area contributed by atoms with E-state index in [2.05, 4.69) is 6.08 Å². The van der Waals surface area contributed by atoms with Gasteiger partial charge in [-0.3, -0.25) is 4.79 Å². The van der Waals surface area contributed by atoms with E-state index in [-0.39, 0.29) is 23.8 Å². The molecule has 0 aromatic rings. The van der Waals surface area contributed by atoms with Gasteiger partial charge in [-0.1, -0.05) is 31.6 Å². The fraction of sp³-hybridized carbons (Fsp3) is 0.600. The highest BCUT2D eigenvalue weighted by Crippen LogP contribution is 2.34. The highest BCUT2D eigenvalue weighted by molar-refractivity contribution is 5.93. The average molecular weight is 264 g/mol. The van der Waals surface area contributed by atoms with E-state index >= 15 is 0 Å². The van der Waals surface area contributed by atoms with E-state index in [1.165, 1.54) is 5.57 Å². The van der Waals surface area contributed by atoms with Gasteiger partial charge < -0.3 is 9.47 Å². The summed E-state index contributed by atoms with van der Waals surface area (Å²) in [6.07, 6.45) is 3.27. The molecule has 0 N–H and O–H groups in total. The highest BCUT2D eigenvalue weighted by atomic mass is 16.6. The standard InChI is InChI=1S/C15H20O4/c1-8(2)5-13(16)19-14-10(4)18-15(17)12(14)7-11-6-9(11)3/h6-8,10-11,14H,5H2,1-4H3/b12-7+/t10-,11?,14+/m0/s1. The number of allylic oxidation sites excluding steroid dienone is 3. The average Bonchev–Trinajstić information content (AvgIpc) is 2.91. The maximum absolute atomic E-state index is 11.8. The van der Waals surface area contributed by atoms with Crippen molar-refractivity contribution in [2.45, 2.75) is 46.3 Å². The summed E-state index contributed by atoms with van der Waals surface area (Å²) < 4.78 is 10.6. The molecule has 0 radical (unpaired) electrons. The summed E-state index contributed by atoms with van der Waals surface area (Å²) in [7, 11) is 0. The molecule has 1 heterocycles. The Morgan fingerprint density at radius 3 is 2.68 bits per heavy atom. The minimum Gasteiger partial charge on any atom is -0.455 e. The van der Waals surface area contributed by atoms with Gasteiger partial charge in [0.25, 0.3) is 0 Å². The normalized spacial score (nSPS) is 31.4. The molecule has 1 aliphatic carbocycles. The van der Waals surface area contributed by atoms with Crippen LogP contribution in [0.25, 0.3) is 0 Å². The molecule has 1 aliphatic heterocycles. The van der Waals surface area contributed by atoms with Gasteiger partial charge in [-0.15, -0.1) is 0 Å². The quantitative estimate of drug-likeness (QED) is 0.444. The molecule has 0 amide bonds. The lowest BCUT2D eigenvalue weighted by Crippen LogP contribution is -2.27. The van der Waals surface area contributed by atoms with Crippen molar-refractivity contribution in [1.29, 1.82) is 0 Å². The third kappa shape index (κ3) is 3.25. The van der Waals surface area contributed by atoms with Crippen LogP contribution in [0.3, 0.4) is 0 Å². The Balaban J connectivity index is 2.05. The highest BCUT2D eigenvalue weighted by Gasteiger charge is 2.41. The Morgan fingerprint density at radius 1 is 1.53 bits per heavy atom. The molecule has 2 aliphatic rings. The maximum atomic E-state index is 11.8. The zero-order chi connectivity index (χ0) is 14.2. The van der Waals surface area contributed by atoms with Crippen molar-refractivity contribution in [3.8, 4) is 0 Å². The molecule has 2 rings (SSSR count). The van der Waals surface area contributed by atoms with E-state index in [0.717, 1.165) is 0 Å². The lowest BCUT2D eigenvalue weighted by atomic mass is 10.1. The summed E-state index contributed by atoms with van der Waals surface area (Å²) in [6, 6.07) is 0. The molecule has 1 unspecified atom stereocenters. The first-order valence-electron chi connectivity index (χ1n) is 6.69. The van der Waals surface area contributed by atoms with Crippen molar-refractivity contribution in [2.75, 3.05) is 0 Å². The lowest BCUT2D eigenvalue weighted by molar-refractivity contribution is -0.152. The van der Waals surface area contributed by atoms with Gasteiger partial charge in [0, 0.05) is 12.3 Å². The monoisotopic (exact) mass is 264 g/mol. The van der Waals surface area contributed by atoms with Gasteiger partial charge in [-0.25, -0.2) is 4.79 Å². The Hall–Kier alpha value is -1.58. The summed E-state index contributed by atoms with van der Waals surface area (Å²) in [4.78, 5) is 23.5. The van der Waals surface area contributed by atoms with E-state index < -0.39 is 12.2 Å². The van der Waals surface area contributed by atoms with Gasteiger partial charge in [0.05, 0.1) is 5.57 Å². The number of ether oxygens (including phenoxy) is 2. The molecule has 0 bridgehead atoms.